The van der Waals surface area contributed by atoms with E-state index in [-0.39, 0.29) is 11.9 Å². The summed E-state index contributed by atoms with van der Waals surface area (Å²) in [7, 11) is 0. The number of ether oxygens (including phenoxy) is 2. The fraction of sp³-hybridized carbons (Fsp3) is 0.480. The van der Waals surface area contributed by atoms with Crippen molar-refractivity contribution < 1.29 is 14.3 Å². The Bertz CT molecular complexity index is 1190. The predicted molar refractivity (Wildman–Crippen MR) is 121 cm³/mol. The Labute approximate surface area is 187 Å². The van der Waals surface area contributed by atoms with E-state index >= 15 is 0 Å². The maximum Gasteiger partial charge on any atom is 0.254 e. The molecule has 6 rings (SSSR count). The average molecular weight is 433 g/mol. The van der Waals surface area contributed by atoms with Crippen molar-refractivity contribution in [3.8, 4) is 22.8 Å². The van der Waals surface area contributed by atoms with Crippen LogP contribution in [0.1, 0.15) is 55.9 Å². The lowest BCUT2D eigenvalue weighted by Gasteiger charge is -2.23. The molecule has 0 radical (unpaired) electrons. The SMILES string of the molecule is CC(C)n1ncc2c(C(=O)N(CC3CC3)C3CC3)cc(-c3ccc4c(c3)OCCO4)nc21. The predicted octanol–water partition coefficient (Wildman–Crippen LogP) is 4.47. The van der Waals surface area contributed by atoms with Gasteiger partial charge in [-0.15, -0.1) is 0 Å². The zero-order chi connectivity index (χ0) is 21.8. The van der Waals surface area contributed by atoms with Gasteiger partial charge in [0.1, 0.15) is 13.2 Å². The van der Waals surface area contributed by atoms with E-state index in [9.17, 15) is 4.79 Å². The molecule has 2 aromatic heterocycles. The molecule has 0 N–H and O–H groups in total. The monoisotopic (exact) mass is 432 g/mol. The summed E-state index contributed by atoms with van der Waals surface area (Å²) in [5, 5.41) is 5.40. The molecule has 0 atom stereocenters. The van der Waals surface area contributed by atoms with Crippen LogP contribution in [0.5, 0.6) is 11.5 Å². The molecule has 166 valence electrons. The van der Waals surface area contributed by atoms with Crippen molar-refractivity contribution in [3.63, 3.8) is 0 Å². The van der Waals surface area contributed by atoms with Gasteiger partial charge >= 0.3 is 0 Å². The summed E-state index contributed by atoms with van der Waals surface area (Å²) in [6, 6.07) is 8.31. The van der Waals surface area contributed by atoms with Crippen LogP contribution in [0.25, 0.3) is 22.3 Å². The van der Waals surface area contributed by atoms with E-state index in [1.54, 1.807) is 6.20 Å². The van der Waals surface area contributed by atoms with Crippen LogP contribution >= 0.6 is 0 Å². The highest BCUT2D eigenvalue weighted by Gasteiger charge is 2.37. The van der Waals surface area contributed by atoms with Gasteiger partial charge in [-0.2, -0.15) is 5.10 Å². The van der Waals surface area contributed by atoms with Gasteiger partial charge in [0.25, 0.3) is 5.91 Å². The molecule has 3 heterocycles. The fourth-order valence-electron chi connectivity index (χ4n) is 4.44. The second kappa shape index (κ2) is 7.50. The number of amides is 1. The minimum atomic E-state index is 0.105. The molecule has 32 heavy (non-hydrogen) atoms. The summed E-state index contributed by atoms with van der Waals surface area (Å²) in [4.78, 5) is 20.9. The normalized spacial score (nSPS) is 17.7. The van der Waals surface area contributed by atoms with Crippen LogP contribution in [0.4, 0.5) is 0 Å². The highest BCUT2D eigenvalue weighted by Crippen LogP contribution is 2.38. The largest absolute Gasteiger partial charge is 0.486 e. The molecule has 1 aromatic carbocycles. The first kappa shape index (κ1) is 19.6. The van der Waals surface area contributed by atoms with Crippen molar-refractivity contribution in [1.29, 1.82) is 0 Å². The first-order valence-electron chi connectivity index (χ1n) is 11.7. The maximum absolute atomic E-state index is 13.8. The van der Waals surface area contributed by atoms with E-state index in [4.69, 9.17) is 14.5 Å². The molecular formula is C25H28N4O3. The summed E-state index contributed by atoms with van der Waals surface area (Å²) in [5.41, 5.74) is 3.10. The van der Waals surface area contributed by atoms with Crippen molar-refractivity contribution in [3.05, 3.63) is 36.0 Å². The summed E-state index contributed by atoms with van der Waals surface area (Å²) in [6.07, 6.45) is 6.47. The van der Waals surface area contributed by atoms with E-state index < -0.39 is 0 Å². The average Bonchev–Trinajstić information content (AvgIpc) is 3.73. The third-order valence-corrected chi connectivity index (χ3v) is 6.52. The lowest BCUT2D eigenvalue weighted by molar-refractivity contribution is 0.0736. The van der Waals surface area contributed by atoms with Crippen molar-refractivity contribution in [2.75, 3.05) is 19.8 Å². The van der Waals surface area contributed by atoms with Gasteiger partial charge in [0, 0.05) is 24.2 Å². The first-order chi connectivity index (χ1) is 15.6. The molecule has 2 aliphatic carbocycles. The van der Waals surface area contributed by atoms with Crippen LogP contribution in [0.2, 0.25) is 0 Å². The Balaban J connectivity index is 1.47. The second-order valence-electron chi connectivity index (χ2n) is 9.47. The number of fused-ring (bicyclic) bond motifs is 2. The number of nitrogens with zero attached hydrogens (tertiary/aromatic N) is 4. The summed E-state index contributed by atoms with van der Waals surface area (Å²) in [6.45, 7) is 6.11. The highest BCUT2D eigenvalue weighted by molar-refractivity contribution is 6.06. The van der Waals surface area contributed by atoms with Gasteiger partial charge in [0.15, 0.2) is 17.1 Å². The van der Waals surface area contributed by atoms with E-state index in [1.807, 2.05) is 28.9 Å². The van der Waals surface area contributed by atoms with Gasteiger partial charge in [0.05, 0.1) is 22.8 Å². The Hall–Kier alpha value is -3.09. The summed E-state index contributed by atoms with van der Waals surface area (Å²) < 4.78 is 13.4. The molecule has 7 heteroatoms. The molecule has 0 saturated heterocycles. The van der Waals surface area contributed by atoms with Crippen molar-refractivity contribution in [2.45, 2.75) is 51.6 Å². The first-order valence-corrected chi connectivity index (χ1v) is 11.7. The minimum absolute atomic E-state index is 0.105. The van der Waals surface area contributed by atoms with Gasteiger partial charge in [-0.1, -0.05) is 0 Å². The van der Waals surface area contributed by atoms with Crippen molar-refractivity contribution in [2.24, 2.45) is 5.92 Å². The molecule has 0 bridgehead atoms. The van der Waals surface area contributed by atoms with E-state index in [0.29, 0.717) is 36.5 Å². The van der Waals surface area contributed by atoms with Crippen LogP contribution in [-0.2, 0) is 0 Å². The second-order valence-corrected chi connectivity index (χ2v) is 9.47. The zero-order valence-electron chi connectivity index (χ0n) is 18.6. The molecule has 7 nitrogen and oxygen atoms in total. The number of aromatic nitrogens is 3. The number of pyridine rings is 1. The smallest absolute Gasteiger partial charge is 0.254 e. The topological polar surface area (TPSA) is 69.5 Å². The van der Waals surface area contributed by atoms with Crippen LogP contribution in [0.3, 0.4) is 0 Å². The van der Waals surface area contributed by atoms with E-state index in [1.165, 1.54) is 12.8 Å². The molecule has 3 aliphatic rings. The lowest BCUT2D eigenvalue weighted by Crippen LogP contribution is -2.35. The van der Waals surface area contributed by atoms with E-state index in [0.717, 1.165) is 47.4 Å². The fourth-order valence-corrected chi connectivity index (χ4v) is 4.44. The van der Waals surface area contributed by atoms with Crippen LogP contribution in [0, 0.1) is 5.92 Å². The lowest BCUT2D eigenvalue weighted by atomic mass is 10.0. The summed E-state index contributed by atoms with van der Waals surface area (Å²) >= 11 is 0. The molecule has 3 aromatic rings. The van der Waals surface area contributed by atoms with Crippen LogP contribution < -0.4 is 9.47 Å². The standard InChI is InChI=1S/C25H28N4O3/c1-15(2)29-24-20(13-26-29)19(25(30)28(18-6-7-18)14-16-3-4-16)12-21(27-24)17-5-8-22-23(11-17)32-10-9-31-22/h5,8,11-13,15-16,18H,3-4,6-7,9-10,14H2,1-2H3. The van der Waals surface area contributed by atoms with Crippen molar-refractivity contribution >= 4 is 16.9 Å². The molecule has 0 unspecified atom stereocenters. The third kappa shape index (κ3) is 3.49. The quantitative estimate of drug-likeness (QED) is 0.575. The summed E-state index contributed by atoms with van der Waals surface area (Å²) in [5.74, 6) is 2.23. The van der Waals surface area contributed by atoms with Gasteiger partial charge < -0.3 is 14.4 Å². The van der Waals surface area contributed by atoms with Crippen molar-refractivity contribution in [1.82, 2.24) is 19.7 Å². The van der Waals surface area contributed by atoms with E-state index in [2.05, 4.69) is 23.8 Å². The maximum atomic E-state index is 13.8. The highest BCUT2D eigenvalue weighted by atomic mass is 16.6. The zero-order valence-corrected chi connectivity index (χ0v) is 18.6. The number of benzene rings is 1. The molecule has 1 aliphatic heterocycles. The minimum Gasteiger partial charge on any atom is -0.486 e. The van der Waals surface area contributed by atoms with Crippen LogP contribution in [0.15, 0.2) is 30.5 Å². The number of carbonyl (C=O) groups is 1. The van der Waals surface area contributed by atoms with Gasteiger partial charge in [-0.05, 0) is 69.7 Å². The van der Waals surface area contributed by atoms with Gasteiger partial charge in [-0.3, -0.25) is 4.79 Å². The molecule has 2 saturated carbocycles. The van der Waals surface area contributed by atoms with Gasteiger partial charge in [-0.25, -0.2) is 9.67 Å². The molecular weight excluding hydrogens is 404 g/mol. The number of rotatable bonds is 6. The molecule has 0 spiro atoms. The molecule has 1 amide bonds. The molecule has 2 fully saturated rings. The van der Waals surface area contributed by atoms with Crippen LogP contribution in [-0.4, -0.2) is 51.4 Å². The Morgan fingerprint density at radius 3 is 2.62 bits per heavy atom. The third-order valence-electron chi connectivity index (χ3n) is 6.52. The Kier molecular flexibility index (Phi) is 4.59. The number of carbonyl (C=O) groups excluding carboxylic acids is 1. The van der Waals surface area contributed by atoms with Gasteiger partial charge in [0.2, 0.25) is 0 Å². The Morgan fingerprint density at radius 1 is 1.12 bits per heavy atom. The number of hydrogen-bond acceptors (Lipinski definition) is 5. The Morgan fingerprint density at radius 2 is 1.91 bits per heavy atom. The number of hydrogen-bond donors (Lipinski definition) is 0.